The molecule has 1 atom stereocenters. The molecule has 1 fully saturated rings. The molecular formula is C13H26. The Morgan fingerprint density at radius 2 is 1.38 bits per heavy atom. The van der Waals surface area contributed by atoms with E-state index in [1.165, 1.54) is 32.1 Å². The molecule has 78 valence electrons. The Morgan fingerprint density at radius 1 is 0.923 bits per heavy atom. The van der Waals surface area contributed by atoms with E-state index in [1.54, 1.807) is 0 Å². The molecule has 0 spiro atoms. The van der Waals surface area contributed by atoms with Gasteiger partial charge in [-0.3, -0.25) is 0 Å². The number of rotatable bonds is 5. The first-order valence-electron chi connectivity index (χ1n) is 6.06. The molecule has 1 saturated carbocycles. The Balaban J connectivity index is 2.66. The second-order valence-electron chi connectivity index (χ2n) is 5.40. The van der Waals surface area contributed by atoms with Gasteiger partial charge in [-0.25, -0.2) is 0 Å². The van der Waals surface area contributed by atoms with Gasteiger partial charge in [-0.2, -0.15) is 0 Å². The van der Waals surface area contributed by atoms with Gasteiger partial charge in [-0.15, -0.1) is 0 Å². The summed E-state index contributed by atoms with van der Waals surface area (Å²) in [6.07, 6.45) is 7.13. The molecule has 0 heterocycles. The quantitative estimate of drug-likeness (QED) is 0.581. The van der Waals surface area contributed by atoms with Crippen molar-refractivity contribution in [2.24, 2.45) is 16.7 Å². The second-order valence-corrected chi connectivity index (χ2v) is 5.40. The third-order valence-electron chi connectivity index (χ3n) is 4.51. The maximum atomic E-state index is 2.38. The highest BCUT2D eigenvalue weighted by atomic mass is 14.7. The fourth-order valence-electron chi connectivity index (χ4n) is 3.57. The largest absolute Gasteiger partial charge is 0.0648 e. The maximum absolute atomic E-state index is 2.38. The summed E-state index contributed by atoms with van der Waals surface area (Å²) in [7, 11) is 0. The smallest absolute Gasteiger partial charge is 0.0236 e. The summed E-state index contributed by atoms with van der Waals surface area (Å²) in [6.45, 7) is 11.9. The van der Waals surface area contributed by atoms with Gasteiger partial charge in [0, 0.05) is 0 Å². The first-order valence-corrected chi connectivity index (χ1v) is 6.06. The standard InChI is InChI=1S/C13H26/c1-6-12(7-2)10-13(12,8-3)9-11(4)5/h11H,6-10H2,1-5H3. The van der Waals surface area contributed by atoms with Gasteiger partial charge in [-0.1, -0.05) is 34.6 Å². The van der Waals surface area contributed by atoms with Crippen LogP contribution in [0.2, 0.25) is 0 Å². The molecule has 0 saturated heterocycles. The highest BCUT2D eigenvalue weighted by Gasteiger charge is 2.62. The van der Waals surface area contributed by atoms with E-state index >= 15 is 0 Å². The lowest BCUT2D eigenvalue weighted by molar-refractivity contribution is 0.258. The molecule has 0 aromatic rings. The lowest BCUT2D eigenvalue weighted by Crippen LogP contribution is -2.14. The Labute approximate surface area is 84.1 Å². The van der Waals surface area contributed by atoms with Gasteiger partial charge >= 0.3 is 0 Å². The molecule has 0 bridgehead atoms. The maximum Gasteiger partial charge on any atom is -0.0236 e. The van der Waals surface area contributed by atoms with Crippen molar-refractivity contribution in [1.82, 2.24) is 0 Å². The van der Waals surface area contributed by atoms with Crippen LogP contribution in [-0.4, -0.2) is 0 Å². The summed E-state index contributed by atoms with van der Waals surface area (Å²) in [5, 5.41) is 0. The van der Waals surface area contributed by atoms with Crippen LogP contribution in [0, 0.1) is 16.7 Å². The SMILES string of the molecule is CCC1(CC)CC1(CC)CC(C)C. The summed E-state index contributed by atoms with van der Waals surface area (Å²) in [4.78, 5) is 0. The number of hydrogen-bond acceptors (Lipinski definition) is 0. The zero-order valence-corrected chi connectivity index (χ0v) is 10.1. The Morgan fingerprint density at radius 3 is 1.62 bits per heavy atom. The van der Waals surface area contributed by atoms with Gasteiger partial charge in [-0.05, 0) is 48.9 Å². The van der Waals surface area contributed by atoms with Crippen LogP contribution in [0.3, 0.4) is 0 Å². The van der Waals surface area contributed by atoms with Crippen LogP contribution in [0.1, 0.15) is 66.7 Å². The number of hydrogen-bond donors (Lipinski definition) is 0. The van der Waals surface area contributed by atoms with Crippen LogP contribution >= 0.6 is 0 Å². The van der Waals surface area contributed by atoms with Crippen molar-refractivity contribution < 1.29 is 0 Å². The molecular weight excluding hydrogens is 156 g/mol. The zero-order valence-electron chi connectivity index (χ0n) is 10.1. The molecule has 0 aromatic carbocycles. The van der Waals surface area contributed by atoms with Gasteiger partial charge in [0.15, 0.2) is 0 Å². The molecule has 0 N–H and O–H groups in total. The fraction of sp³-hybridized carbons (Fsp3) is 1.00. The Bertz CT molecular complexity index is 165. The van der Waals surface area contributed by atoms with E-state index in [4.69, 9.17) is 0 Å². The first kappa shape index (κ1) is 11.1. The molecule has 1 unspecified atom stereocenters. The lowest BCUT2D eigenvalue weighted by Gasteiger charge is -2.24. The van der Waals surface area contributed by atoms with E-state index in [0.29, 0.717) is 0 Å². The highest BCUT2D eigenvalue weighted by Crippen LogP contribution is 2.72. The molecule has 13 heavy (non-hydrogen) atoms. The van der Waals surface area contributed by atoms with Gasteiger partial charge < -0.3 is 0 Å². The summed E-state index contributed by atoms with van der Waals surface area (Å²) in [6, 6.07) is 0. The molecule has 0 radical (unpaired) electrons. The average Bonchev–Trinajstić information content (AvgIpc) is 2.74. The van der Waals surface area contributed by atoms with Gasteiger partial charge in [0.1, 0.15) is 0 Å². The molecule has 1 aliphatic rings. The highest BCUT2D eigenvalue weighted by molar-refractivity contribution is 5.12. The fourth-order valence-corrected chi connectivity index (χ4v) is 3.57. The van der Waals surface area contributed by atoms with Gasteiger partial charge in [0.2, 0.25) is 0 Å². The molecule has 0 aliphatic heterocycles. The lowest BCUT2D eigenvalue weighted by atomic mass is 9.81. The summed E-state index contributed by atoms with van der Waals surface area (Å²) >= 11 is 0. The Kier molecular flexibility index (Phi) is 3.09. The van der Waals surface area contributed by atoms with Gasteiger partial charge in [0.25, 0.3) is 0 Å². The monoisotopic (exact) mass is 182 g/mol. The van der Waals surface area contributed by atoms with E-state index in [0.717, 1.165) is 16.7 Å². The third kappa shape index (κ3) is 1.65. The minimum absolute atomic E-state index is 0.727. The normalized spacial score (nSPS) is 30.9. The van der Waals surface area contributed by atoms with Crippen molar-refractivity contribution in [3.63, 3.8) is 0 Å². The van der Waals surface area contributed by atoms with Crippen molar-refractivity contribution in [2.45, 2.75) is 66.7 Å². The van der Waals surface area contributed by atoms with Crippen molar-refractivity contribution in [1.29, 1.82) is 0 Å². The first-order chi connectivity index (χ1) is 6.06. The Hall–Kier alpha value is 0. The molecule has 0 aromatic heterocycles. The minimum Gasteiger partial charge on any atom is -0.0648 e. The topological polar surface area (TPSA) is 0 Å². The van der Waals surface area contributed by atoms with Crippen molar-refractivity contribution in [3.05, 3.63) is 0 Å². The second kappa shape index (κ2) is 3.63. The molecule has 1 aliphatic carbocycles. The van der Waals surface area contributed by atoms with Crippen LogP contribution in [0.25, 0.3) is 0 Å². The average molecular weight is 182 g/mol. The predicted octanol–water partition coefficient (Wildman–Crippen LogP) is 4.64. The van der Waals surface area contributed by atoms with Crippen LogP contribution in [0.5, 0.6) is 0 Å². The van der Waals surface area contributed by atoms with Crippen molar-refractivity contribution >= 4 is 0 Å². The summed E-state index contributed by atoms with van der Waals surface area (Å²) < 4.78 is 0. The van der Waals surface area contributed by atoms with Crippen LogP contribution in [0.4, 0.5) is 0 Å². The van der Waals surface area contributed by atoms with E-state index in [2.05, 4.69) is 34.6 Å². The molecule has 0 nitrogen and oxygen atoms in total. The van der Waals surface area contributed by atoms with E-state index in [9.17, 15) is 0 Å². The third-order valence-corrected chi connectivity index (χ3v) is 4.51. The van der Waals surface area contributed by atoms with Crippen LogP contribution in [-0.2, 0) is 0 Å². The van der Waals surface area contributed by atoms with E-state index < -0.39 is 0 Å². The van der Waals surface area contributed by atoms with Crippen LogP contribution < -0.4 is 0 Å². The van der Waals surface area contributed by atoms with Crippen molar-refractivity contribution in [3.8, 4) is 0 Å². The molecule has 0 heteroatoms. The molecule has 0 amide bonds. The predicted molar refractivity (Wildman–Crippen MR) is 59.8 cm³/mol. The van der Waals surface area contributed by atoms with E-state index in [1.807, 2.05) is 0 Å². The van der Waals surface area contributed by atoms with E-state index in [-0.39, 0.29) is 0 Å². The van der Waals surface area contributed by atoms with Gasteiger partial charge in [0.05, 0.1) is 0 Å². The zero-order chi connectivity index (χ0) is 10.1. The van der Waals surface area contributed by atoms with Crippen molar-refractivity contribution in [2.75, 3.05) is 0 Å². The summed E-state index contributed by atoms with van der Waals surface area (Å²) in [5.41, 5.74) is 1.46. The molecule has 1 rings (SSSR count). The summed E-state index contributed by atoms with van der Waals surface area (Å²) in [5.74, 6) is 0.875. The minimum atomic E-state index is 0.727. The van der Waals surface area contributed by atoms with Crippen LogP contribution in [0.15, 0.2) is 0 Å².